The summed E-state index contributed by atoms with van der Waals surface area (Å²) in [6, 6.07) is 14.8. The number of rotatable bonds is 2. The van der Waals surface area contributed by atoms with E-state index in [4.69, 9.17) is 0 Å². The SMILES string of the molecule is Cn1c(-c2ccc(C3=NCCN3)cc2)c[n+]2ccccc12. The number of nitrogens with zero attached hydrogens (tertiary/aromatic N) is 3. The molecule has 1 aliphatic heterocycles. The molecule has 0 saturated carbocycles. The van der Waals surface area contributed by atoms with Crippen LogP contribution in [0.1, 0.15) is 5.56 Å². The third kappa shape index (κ3) is 2.00. The average molecular weight is 277 g/mol. The van der Waals surface area contributed by atoms with Crippen molar-refractivity contribution in [3.05, 3.63) is 60.4 Å². The van der Waals surface area contributed by atoms with Crippen LogP contribution < -0.4 is 9.72 Å². The van der Waals surface area contributed by atoms with Crippen molar-refractivity contribution in [2.75, 3.05) is 13.1 Å². The van der Waals surface area contributed by atoms with Gasteiger partial charge in [0.05, 0.1) is 19.8 Å². The summed E-state index contributed by atoms with van der Waals surface area (Å²) in [5.74, 6) is 1.01. The van der Waals surface area contributed by atoms with Crippen molar-refractivity contribution >= 4 is 11.5 Å². The van der Waals surface area contributed by atoms with E-state index in [9.17, 15) is 0 Å². The molecule has 0 bridgehead atoms. The topological polar surface area (TPSA) is 33.4 Å². The molecule has 1 aliphatic rings. The summed E-state index contributed by atoms with van der Waals surface area (Å²) in [6.45, 7) is 1.81. The summed E-state index contributed by atoms with van der Waals surface area (Å²) in [5, 5.41) is 3.31. The Kier molecular flexibility index (Phi) is 2.74. The van der Waals surface area contributed by atoms with Gasteiger partial charge in [0, 0.05) is 23.7 Å². The van der Waals surface area contributed by atoms with Gasteiger partial charge in [-0.2, -0.15) is 0 Å². The minimum absolute atomic E-state index is 0.872. The summed E-state index contributed by atoms with van der Waals surface area (Å²) in [6.07, 6.45) is 4.24. The molecule has 0 atom stereocenters. The van der Waals surface area contributed by atoms with Gasteiger partial charge < -0.3 is 5.32 Å². The zero-order chi connectivity index (χ0) is 14.2. The molecule has 0 aliphatic carbocycles. The van der Waals surface area contributed by atoms with E-state index in [1.165, 1.54) is 16.9 Å². The quantitative estimate of drug-likeness (QED) is 0.712. The molecule has 1 N–H and O–H groups in total. The van der Waals surface area contributed by atoms with E-state index in [0.29, 0.717) is 0 Å². The number of pyridine rings is 1. The Morgan fingerprint density at radius 3 is 2.62 bits per heavy atom. The number of aliphatic imine (C=N–C) groups is 1. The molecule has 0 radical (unpaired) electrons. The van der Waals surface area contributed by atoms with Crippen LogP contribution in [-0.4, -0.2) is 23.5 Å². The summed E-state index contributed by atoms with van der Waals surface area (Å²) in [5.41, 5.74) is 4.75. The van der Waals surface area contributed by atoms with E-state index >= 15 is 0 Å². The standard InChI is InChI=1S/C17H17N4/c1-20-15(12-21-11-3-2-4-16(20)21)13-5-7-14(8-6-13)17-18-9-10-19-17/h2-8,11-12H,9-10H2,1H3,(H,18,19)/q+1. The summed E-state index contributed by atoms with van der Waals surface area (Å²) < 4.78 is 4.35. The van der Waals surface area contributed by atoms with Gasteiger partial charge in [-0.05, 0) is 18.2 Å². The molecule has 2 aromatic heterocycles. The Morgan fingerprint density at radius 1 is 1.10 bits per heavy atom. The zero-order valence-corrected chi connectivity index (χ0v) is 12.0. The first-order valence-electron chi connectivity index (χ1n) is 7.18. The number of hydrogen-bond acceptors (Lipinski definition) is 2. The molecule has 0 unspecified atom stereocenters. The van der Waals surface area contributed by atoms with Crippen LogP contribution in [0.2, 0.25) is 0 Å². The van der Waals surface area contributed by atoms with E-state index in [1.54, 1.807) is 0 Å². The molecule has 4 rings (SSSR count). The van der Waals surface area contributed by atoms with E-state index in [-0.39, 0.29) is 0 Å². The second-order valence-corrected chi connectivity index (χ2v) is 5.27. The number of aromatic nitrogens is 2. The summed E-state index contributed by atoms with van der Waals surface area (Å²) in [4.78, 5) is 4.46. The Labute approximate surface area is 123 Å². The van der Waals surface area contributed by atoms with Gasteiger partial charge in [-0.25, -0.2) is 8.97 Å². The minimum Gasteiger partial charge on any atom is -0.368 e. The van der Waals surface area contributed by atoms with Gasteiger partial charge in [0.2, 0.25) is 0 Å². The second kappa shape index (κ2) is 4.74. The van der Waals surface area contributed by atoms with Gasteiger partial charge in [-0.1, -0.05) is 18.2 Å². The monoisotopic (exact) mass is 277 g/mol. The van der Waals surface area contributed by atoms with Crippen molar-refractivity contribution in [2.45, 2.75) is 0 Å². The molecule has 0 saturated heterocycles. The van der Waals surface area contributed by atoms with Crippen LogP contribution in [0, 0.1) is 0 Å². The lowest BCUT2D eigenvalue weighted by molar-refractivity contribution is -0.510. The van der Waals surface area contributed by atoms with E-state index in [1.807, 2.05) is 6.07 Å². The Morgan fingerprint density at radius 2 is 1.90 bits per heavy atom. The molecule has 0 amide bonds. The molecule has 3 aromatic rings. The van der Waals surface area contributed by atoms with Crippen LogP contribution in [0.4, 0.5) is 0 Å². The van der Waals surface area contributed by atoms with Crippen molar-refractivity contribution in [3.63, 3.8) is 0 Å². The lowest BCUT2D eigenvalue weighted by Crippen LogP contribution is -2.19. The molecule has 21 heavy (non-hydrogen) atoms. The van der Waals surface area contributed by atoms with E-state index < -0.39 is 0 Å². The van der Waals surface area contributed by atoms with Crippen molar-refractivity contribution < 1.29 is 4.40 Å². The maximum absolute atomic E-state index is 4.46. The first-order chi connectivity index (χ1) is 10.3. The van der Waals surface area contributed by atoms with Gasteiger partial charge in [-0.3, -0.25) is 4.99 Å². The highest BCUT2D eigenvalue weighted by atomic mass is 15.1. The molecule has 1 aromatic carbocycles. The molecule has 4 nitrogen and oxygen atoms in total. The lowest BCUT2D eigenvalue weighted by Gasteiger charge is -2.03. The smallest absolute Gasteiger partial charge is 0.286 e. The summed E-state index contributed by atoms with van der Waals surface area (Å²) in [7, 11) is 2.10. The highest BCUT2D eigenvalue weighted by molar-refractivity contribution is 6.00. The fourth-order valence-electron chi connectivity index (χ4n) is 2.84. The van der Waals surface area contributed by atoms with Crippen molar-refractivity contribution in [1.29, 1.82) is 0 Å². The van der Waals surface area contributed by atoms with Crippen molar-refractivity contribution in [1.82, 2.24) is 9.88 Å². The van der Waals surface area contributed by atoms with Crippen LogP contribution in [-0.2, 0) is 7.05 Å². The van der Waals surface area contributed by atoms with Crippen LogP contribution in [0.15, 0.2) is 59.9 Å². The van der Waals surface area contributed by atoms with Crippen LogP contribution in [0.3, 0.4) is 0 Å². The van der Waals surface area contributed by atoms with Gasteiger partial charge in [0.25, 0.3) is 5.65 Å². The van der Waals surface area contributed by atoms with Gasteiger partial charge in [0.15, 0.2) is 5.69 Å². The molecule has 3 heterocycles. The predicted octanol–water partition coefficient (Wildman–Crippen LogP) is 1.78. The summed E-state index contributed by atoms with van der Waals surface area (Å²) >= 11 is 0. The highest BCUT2D eigenvalue weighted by Crippen LogP contribution is 2.20. The number of aryl methyl sites for hydroxylation is 1. The first-order valence-corrected chi connectivity index (χ1v) is 7.18. The largest absolute Gasteiger partial charge is 0.368 e. The first kappa shape index (κ1) is 12.1. The molecule has 0 spiro atoms. The van der Waals surface area contributed by atoms with Gasteiger partial charge in [0.1, 0.15) is 12.0 Å². The van der Waals surface area contributed by atoms with E-state index in [0.717, 1.165) is 24.5 Å². The third-order valence-electron chi connectivity index (χ3n) is 3.96. The molecule has 104 valence electrons. The van der Waals surface area contributed by atoms with Gasteiger partial charge in [-0.15, -0.1) is 0 Å². The Balaban J connectivity index is 1.76. The molecule has 0 fully saturated rings. The third-order valence-corrected chi connectivity index (χ3v) is 3.96. The Bertz CT molecular complexity index is 828. The van der Waals surface area contributed by atoms with E-state index in [2.05, 4.69) is 75.1 Å². The van der Waals surface area contributed by atoms with Crippen molar-refractivity contribution in [3.8, 4) is 11.3 Å². The van der Waals surface area contributed by atoms with Gasteiger partial charge >= 0.3 is 0 Å². The minimum atomic E-state index is 0.872. The second-order valence-electron chi connectivity index (χ2n) is 5.27. The lowest BCUT2D eigenvalue weighted by atomic mass is 10.1. The fraction of sp³-hybridized carbons (Fsp3) is 0.176. The van der Waals surface area contributed by atoms with Crippen molar-refractivity contribution in [2.24, 2.45) is 12.0 Å². The predicted molar refractivity (Wildman–Crippen MR) is 83.4 cm³/mol. The maximum Gasteiger partial charge on any atom is 0.286 e. The number of nitrogens with one attached hydrogen (secondary N) is 1. The molecular weight excluding hydrogens is 260 g/mol. The maximum atomic E-state index is 4.46. The fourth-order valence-corrected chi connectivity index (χ4v) is 2.84. The molecule has 4 heteroatoms. The number of fused-ring (bicyclic) bond motifs is 1. The number of imidazole rings is 1. The zero-order valence-electron chi connectivity index (χ0n) is 12.0. The Hall–Kier alpha value is -2.62. The normalized spacial score (nSPS) is 14.2. The van der Waals surface area contributed by atoms with Crippen LogP contribution in [0.25, 0.3) is 16.9 Å². The van der Waals surface area contributed by atoms with Crippen LogP contribution in [0.5, 0.6) is 0 Å². The average Bonchev–Trinajstić information content (AvgIpc) is 3.17. The number of amidine groups is 1. The number of hydrogen-bond donors (Lipinski definition) is 1. The van der Waals surface area contributed by atoms with Crippen LogP contribution >= 0.6 is 0 Å². The molecular formula is C17H17N4+. The number of benzene rings is 1. The highest BCUT2D eigenvalue weighted by Gasteiger charge is 2.15.